The number of carbonyl (C=O) groups excluding carboxylic acids is 1. The number of methoxy groups -OCH3 is 2. The molecule has 28 heavy (non-hydrogen) atoms. The van der Waals surface area contributed by atoms with Gasteiger partial charge < -0.3 is 9.47 Å². The van der Waals surface area contributed by atoms with Gasteiger partial charge >= 0.3 is 0 Å². The summed E-state index contributed by atoms with van der Waals surface area (Å²) in [5.74, 6) is 0.925. The highest BCUT2D eigenvalue weighted by Gasteiger charge is 2.36. The summed E-state index contributed by atoms with van der Waals surface area (Å²) in [4.78, 5) is 11.1. The second kappa shape index (κ2) is 8.67. The lowest BCUT2D eigenvalue weighted by Crippen LogP contribution is -2.47. The van der Waals surface area contributed by atoms with Crippen LogP contribution in [0.4, 0.5) is 0 Å². The van der Waals surface area contributed by atoms with Gasteiger partial charge in [0.15, 0.2) is 11.5 Å². The van der Waals surface area contributed by atoms with E-state index in [9.17, 15) is 18.4 Å². The normalized spacial score (nSPS) is 19.1. The topological polar surface area (TPSA) is 96.4 Å². The minimum Gasteiger partial charge on any atom is -0.493 e. The monoisotopic (exact) mass is 412 g/mol. The molecule has 1 aromatic carbocycles. The number of hydrogen-bond acceptors (Lipinski definition) is 6. The van der Waals surface area contributed by atoms with Crippen molar-refractivity contribution in [3.63, 3.8) is 0 Å². The van der Waals surface area contributed by atoms with E-state index in [4.69, 9.17) is 9.47 Å². The van der Waals surface area contributed by atoms with Crippen molar-refractivity contribution in [2.75, 3.05) is 26.5 Å². The average Bonchev–Trinajstić information content (AvgIpc) is 3.24. The lowest BCUT2D eigenvalue weighted by Gasteiger charge is -2.33. The first kappa shape index (κ1) is 20.9. The molecule has 0 spiro atoms. The summed E-state index contributed by atoms with van der Waals surface area (Å²) in [6.07, 6.45) is 4.51. The molecule has 1 aliphatic carbocycles. The van der Waals surface area contributed by atoms with Crippen molar-refractivity contribution in [1.82, 2.24) is 9.37 Å². The zero-order valence-corrected chi connectivity index (χ0v) is 17.2. The van der Waals surface area contributed by atoms with E-state index in [1.807, 2.05) is 12.1 Å². The molecule has 1 aromatic rings. The zero-order valence-electron chi connectivity index (χ0n) is 16.3. The first-order chi connectivity index (χ1) is 13.4. The number of nitrogens with zero attached hydrogens (tertiary/aromatic N) is 2. The van der Waals surface area contributed by atoms with Gasteiger partial charge in [0.25, 0.3) is 0 Å². The van der Waals surface area contributed by atoms with Gasteiger partial charge in [-0.15, -0.1) is 0 Å². The Balaban J connectivity index is 1.80. The van der Waals surface area contributed by atoms with Crippen molar-refractivity contribution in [3.8, 4) is 11.5 Å². The highest BCUT2D eigenvalue weighted by Crippen LogP contribution is 2.35. The molecule has 1 heterocycles. The maximum absolute atomic E-state index is 13.1. The van der Waals surface area contributed by atoms with Crippen LogP contribution in [-0.2, 0) is 27.8 Å². The third-order valence-corrected chi connectivity index (χ3v) is 7.71. The number of carbonyl (C=O) groups is 1. The van der Waals surface area contributed by atoms with Gasteiger partial charge in [0, 0.05) is 13.1 Å². The van der Waals surface area contributed by atoms with E-state index < -0.39 is 16.1 Å². The number of hydroxylamine groups is 2. The fourth-order valence-corrected chi connectivity index (χ4v) is 6.04. The lowest BCUT2D eigenvalue weighted by atomic mass is 10.00. The Hall–Kier alpha value is -1.84. The molecule has 1 aliphatic heterocycles. The molecule has 2 aliphatic rings. The highest BCUT2D eigenvalue weighted by atomic mass is 32.2. The van der Waals surface area contributed by atoms with Gasteiger partial charge in [0.05, 0.1) is 26.0 Å². The van der Waals surface area contributed by atoms with E-state index in [-0.39, 0.29) is 18.2 Å². The van der Waals surface area contributed by atoms with Crippen LogP contribution >= 0.6 is 0 Å². The molecule has 9 heteroatoms. The Morgan fingerprint density at radius 1 is 1.21 bits per heavy atom. The van der Waals surface area contributed by atoms with Crippen molar-refractivity contribution in [3.05, 3.63) is 23.3 Å². The molecular weight excluding hydrogens is 384 g/mol. The summed E-state index contributed by atoms with van der Waals surface area (Å²) in [6.45, 7) is 0.594. The molecule has 0 aromatic heterocycles. The molecule has 8 nitrogen and oxygen atoms in total. The number of ether oxygens (including phenoxy) is 2. The molecular formula is C19H28N2O6S. The summed E-state index contributed by atoms with van der Waals surface area (Å²) in [6, 6.07) is 2.99. The molecule has 1 atom stereocenters. The maximum Gasteiger partial charge on any atom is 0.233 e. The van der Waals surface area contributed by atoms with Crippen molar-refractivity contribution >= 4 is 16.4 Å². The third-order valence-electron chi connectivity index (χ3n) is 5.85. The van der Waals surface area contributed by atoms with Crippen LogP contribution in [0.5, 0.6) is 11.5 Å². The Kier molecular flexibility index (Phi) is 6.47. The van der Waals surface area contributed by atoms with Gasteiger partial charge in [-0.25, -0.2) is 13.5 Å². The van der Waals surface area contributed by atoms with Crippen LogP contribution in [0.1, 0.15) is 36.8 Å². The van der Waals surface area contributed by atoms with Crippen molar-refractivity contribution in [2.45, 2.75) is 44.7 Å². The fraction of sp³-hybridized carbons (Fsp3) is 0.632. The summed E-state index contributed by atoms with van der Waals surface area (Å²) in [5, 5.41) is 10.5. The molecule has 156 valence electrons. The van der Waals surface area contributed by atoms with E-state index in [2.05, 4.69) is 0 Å². The van der Waals surface area contributed by atoms with Crippen LogP contribution in [0.15, 0.2) is 12.1 Å². The summed E-state index contributed by atoms with van der Waals surface area (Å²) in [5.41, 5.74) is 1.91. The van der Waals surface area contributed by atoms with Crippen LogP contribution in [0.2, 0.25) is 0 Å². The third kappa shape index (κ3) is 4.26. The van der Waals surface area contributed by atoms with Gasteiger partial charge in [-0.2, -0.15) is 4.31 Å². The van der Waals surface area contributed by atoms with Crippen molar-refractivity contribution in [2.24, 2.45) is 5.92 Å². The molecule has 1 unspecified atom stereocenters. The van der Waals surface area contributed by atoms with Crippen LogP contribution < -0.4 is 9.47 Å². The predicted octanol–water partition coefficient (Wildman–Crippen LogP) is 1.80. The Bertz CT molecular complexity index is 807. The molecule has 0 radical (unpaired) electrons. The van der Waals surface area contributed by atoms with Crippen molar-refractivity contribution in [1.29, 1.82) is 0 Å². The number of amides is 1. The highest BCUT2D eigenvalue weighted by molar-refractivity contribution is 7.89. The largest absolute Gasteiger partial charge is 0.493 e. The number of hydrogen-bond donors (Lipinski definition) is 1. The fourth-order valence-electron chi connectivity index (χ4n) is 4.26. The number of fused-ring (bicyclic) bond motifs is 1. The van der Waals surface area contributed by atoms with E-state index in [1.54, 1.807) is 14.2 Å². The Labute approximate surface area is 166 Å². The summed E-state index contributed by atoms with van der Waals surface area (Å²) < 4.78 is 38.2. The standard InChI is InChI=1S/C19H28N2O6S/c1-26-18-9-15-7-8-20(11-16(15)10-19(18)27-2)28(24,25)12-17(21(23)13-22)14-5-3-4-6-14/h9-10,13-14,17,23H,3-8,11-12H2,1-2H3. The average molecular weight is 413 g/mol. The van der Waals surface area contributed by atoms with Gasteiger partial charge in [-0.05, 0) is 48.4 Å². The van der Waals surface area contributed by atoms with Crippen LogP contribution in [0.25, 0.3) is 0 Å². The smallest absolute Gasteiger partial charge is 0.233 e. The van der Waals surface area contributed by atoms with Crippen molar-refractivity contribution < 1.29 is 27.9 Å². The zero-order chi connectivity index (χ0) is 20.3. The minimum absolute atomic E-state index is 0.00593. The van der Waals surface area contributed by atoms with Crippen LogP contribution in [0, 0.1) is 5.92 Å². The SMILES string of the molecule is COc1cc2c(cc1OC)CN(S(=O)(=O)CC(C1CCCC1)N(O)C=O)CC2. The minimum atomic E-state index is -3.65. The van der Waals surface area contributed by atoms with E-state index in [1.165, 1.54) is 4.31 Å². The first-order valence-corrected chi connectivity index (χ1v) is 11.1. The molecule has 1 fully saturated rings. The van der Waals surface area contributed by atoms with E-state index in [0.29, 0.717) is 35.9 Å². The molecule has 1 amide bonds. The second-order valence-corrected chi connectivity index (χ2v) is 9.45. The van der Waals surface area contributed by atoms with E-state index >= 15 is 0 Å². The number of rotatable bonds is 8. The second-order valence-electron chi connectivity index (χ2n) is 7.44. The number of sulfonamides is 1. The van der Waals surface area contributed by atoms with Gasteiger partial charge in [-0.3, -0.25) is 10.0 Å². The van der Waals surface area contributed by atoms with E-state index in [0.717, 1.165) is 36.8 Å². The predicted molar refractivity (Wildman–Crippen MR) is 103 cm³/mol. The molecule has 1 saturated carbocycles. The Morgan fingerprint density at radius 3 is 2.39 bits per heavy atom. The quantitative estimate of drug-likeness (QED) is 0.397. The Morgan fingerprint density at radius 2 is 1.82 bits per heavy atom. The molecule has 1 N–H and O–H groups in total. The van der Waals surface area contributed by atoms with Crippen LogP contribution in [-0.4, -0.2) is 62.0 Å². The van der Waals surface area contributed by atoms with Gasteiger partial charge in [-0.1, -0.05) is 12.8 Å². The van der Waals surface area contributed by atoms with Crippen LogP contribution in [0.3, 0.4) is 0 Å². The van der Waals surface area contributed by atoms with Gasteiger partial charge in [0.1, 0.15) is 0 Å². The number of benzene rings is 1. The molecule has 0 bridgehead atoms. The molecule has 0 saturated heterocycles. The summed E-state index contributed by atoms with van der Waals surface area (Å²) in [7, 11) is -0.538. The maximum atomic E-state index is 13.1. The van der Waals surface area contributed by atoms with Gasteiger partial charge in [0.2, 0.25) is 16.4 Å². The first-order valence-electron chi connectivity index (χ1n) is 9.53. The lowest BCUT2D eigenvalue weighted by molar-refractivity contribution is -0.162. The molecule has 3 rings (SSSR count). The summed E-state index contributed by atoms with van der Waals surface area (Å²) >= 11 is 0.